The Labute approximate surface area is 223 Å². The van der Waals surface area contributed by atoms with Crippen LogP contribution in [0.15, 0.2) is 59.5 Å². The maximum atomic E-state index is 13.9. The molecule has 1 amide bonds. The monoisotopic (exact) mass is 540 g/mol. The van der Waals surface area contributed by atoms with Crippen molar-refractivity contribution in [1.82, 2.24) is 4.31 Å². The molecule has 0 saturated heterocycles. The standard InChI is InChI=1S/C28H32N2O7S/c1-18-12-19(2)27(20(3)13-18)38(33,34)30(16-21-10-8-7-9-11-21)17-26(31)29-23-15-25(36-5)24(35-4)14-22(23)28(32)37-6/h7-15H,16-17H2,1-6H3,(H,29,31). The number of carbonyl (C=O) groups excluding carboxylic acids is 2. The van der Waals surface area contributed by atoms with Crippen LogP contribution in [-0.4, -0.2) is 52.5 Å². The molecule has 3 rings (SSSR count). The summed E-state index contributed by atoms with van der Waals surface area (Å²) in [5.74, 6) is -0.815. The van der Waals surface area contributed by atoms with Crippen LogP contribution in [0, 0.1) is 20.8 Å². The molecule has 202 valence electrons. The number of aryl methyl sites for hydroxylation is 3. The Hall–Kier alpha value is -3.89. The zero-order valence-corrected chi connectivity index (χ0v) is 23.1. The summed E-state index contributed by atoms with van der Waals surface area (Å²) < 4.78 is 44.4. The molecular formula is C28H32N2O7S. The third kappa shape index (κ3) is 6.32. The second-order valence-corrected chi connectivity index (χ2v) is 10.7. The van der Waals surface area contributed by atoms with Crippen molar-refractivity contribution in [1.29, 1.82) is 0 Å². The first-order chi connectivity index (χ1) is 18.0. The predicted octanol–water partition coefficient (Wildman–Crippen LogP) is 4.25. The lowest BCUT2D eigenvalue weighted by Crippen LogP contribution is -2.38. The first-order valence-corrected chi connectivity index (χ1v) is 13.2. The summed E-state index contributed by atoms with van der Waals surface area (Å²) in [7, 11) is -0.0363. The molecule has 9 nitrogen and oxygen atoms in total. The Morgan fingerprint density at radius 1 is 0.868 bits per heavy atom. The smallest absolute Gasteiger partial charge is 0.340 e. The van der Waals surface area contributed by atoms with Crippen molar-refractivity contribution in [3.05, 3.63) is 82.4 Å². The lowest BCUT2D eigenvalue weighted by Gasteiger charge is -2.24. The van der Waals surface area contributed by atoms with Crippen LogP contribution >= 0.6 is 0 Å². The Morgan fingerprint density at radius 2 is 1.45 bits per heavy atom. The fourth-order valence-electron chi connectivity index (χ4n) is 4.33. The van der Waals surface area contributed by atoms with Crippen molar-refractivity contribution in [2.45, 2.75) is 32.2 Å². The summed E-state index contributed by atoms with van der Waals surface area (Å²) in [6, 6.07) is 15.4. The van der Waals surface area contributed by atoms with Crippen LogP contribution in [0.3, 0.4) is 0 Å². The molecule has 38 heavy (non-hydrogen) atoms. The SMILES string of the molecule is COC(=O)c1cc(OC)c(OC)cc1NC(=O)CN(Cc1ccccc1)S(=O)(=O)c1c(C)cc(C)cc1C. The van der Waals surface area contributed by atoms with Gasteiger partial charge in [0.25, 0.3) is 0 Å². The Kier molecular flexibility index (Phi) is 9.13. The van der Waals surface area contributed by atoms with Gasteiger partial charge >= 0.3 is 5.97 Å². The van der Waals surface area contributed by atoms with Crippen LogP contribution in [0.1, 0.15) is 32.6 Å². The molecule has 0 saturated carbocycles. The first kappa shape index (κ1) is 28.7. The summed E-state index contributed by atoms with van der Waals surface area (Å²) in [5.41, 5.74) is 2.96. The number of nitrogens with zero attached hydrogens (tertiary/aromatic N) is 1. The second kappa shape index (κ2) is 12.1. The van der Waals surface area contributed by atoms with Crippen molar-refractivity contribution >= 4 is 27.6 Å². The lowest BCUT2D eigenvalue weighted by atomic mass is 10.1. The molecule has 10 heteroatoms. The Morgan fingerprint density at radius 3 is 2.00 bits per heavy atom. The lowest BCUT2D eigenvalue weighted by molar-refractivity contribution is -0.116. The molecule has 0 aromatic heterocycles. The van der Waals surface area contributed by atoms with Gasteiger partial charge in [0.15, 0.2) is 11.5 Å². The number of carbonyl (C=O) groups is 2. The highest BCUT2D eigenvalue weighted by atomic mass is 32.2. The highest BCUT2D eigenvalue weighted by molar-refractivity contribution is 7.89. The number of nitrogens with one attached hydrogen (secondary N) is 1. The third-order valence-corrected chi connectivity index (χ3v) is 8.03. The van der Waals surface area contributed by atoms with E-state index >= 15 is 0 Å². The fraction of sp³-hybridized carbons (Fsp3) is 0.286. The van der Waals surface area contributed by atoms with Crippen molar-refractivity contribution in [3.8, 4) is 11.5 Å². The van der Waals surface area contributed by atoms with Gasteiger partial charge in [0, 0.05) is 18.7 Å². The van der Waals surface area contributed by atoms with Crippen LogP contribution in [0.4, 0.5) is 5.69 Å². The number of rotatable bonds is 10. The van der Waals surface area contributed by atoms with E-state index in [1.54, 1.807) is 50.2 Å². The molecule has 0 aliphatic rings. The summed E-state index contributed by atoms with van der Waals surface area (Å²) in [5, 5.41) is 2.65. The average Bonchev–Trinajstić information content (AvgIpc) is 2.87. The largest absolute Gasteiger partial charge is 0.493 e. The van der Waals surface area contributed by atoms with Gasteiger partial charge in [-0.25, -0.2) is 13.2 Å². The zero-order chi connectivity index (χ0) is 28.0. The molecule has 0 fully saturated rings. The van der Waals surface area contributed by atoms with Crippen LogP contribution in [0.25, 0.3) is 0 Å². The third-order valence-electron chi connectivity index (χ3n) is 5.93. The molecule has 0 atom stereocenters. The van der Waals surface area contributed by atoms with Gasteiger partial charge < -0.3 is 19.5 Å². The van der Waals surface area contributed by atoms with E-state index in [1.165, 1.54) is 33.5 Å². The van der Waals surface area contributed by atoms with E-state index < -0.39 is 28.4 Å². The van der Waals surface area contributed by atoms with Gasteiger partial charge in [-0.05, 0) is 37.5 Å². The summed E-state index contributed by atoms with van der Waals surface area (Å²) in [4.78, 5) is 25.9. The number of benzene rings is 3. The van der Waals surface area contributed by atoms with Gasteiger partial charge in [-0.1, -0.05) is 48.0 Å². The van der Waals surface area contributed by atoms with Crippen molar-refractivity contribution in [2.24, 2.45) is 0 Å². The average molecular weight is 541 g/mol. The maximum Gasteiger partial charge on any atom is 0.340 e. The molecule has 3 aromatic rings. The van der Waals surface area contributed by atoms with Crippen LogP contribution in [0.2, 0.25) is 0 Å². The second-order valence-electron chi connectivity index (χ2n) is 8.78. The molecule has 0 spiro atoms. The number of anilines is 1. The van der Waals surface area contributed by atoms with E-state index in [2.05, 4.69) is 5.32 Å². The van der Waals surface area contributed by atoms with Crippen LogP contribution in [-0.2, 0) is 26.1 Å². The predicted molar refractivity (Wildman–Crippen MR) is 144 cm³/mol. The summed E-state index contributed by atoms with van der Waals surface area (Å²) in [6.07, 6.45) is 0. The highest BCUT2D eigenvalue weighted by Gasteiger charge is 2.30. The maximum absolute atomic E-state index is 13.9. The number of methoxy groups -OCH3 is 3. The molecule has 1 N–H and O–H groups in total. The van der Waals surface area contributed by atoms with E-state index in [0.717, 1.165) is 9.87 Å². The van der Waals surface area contributed by atoms with E-state index in [9.17, 15) is 18.0 Å². The molecule has 0 heterocycles. The number of amides is 1. The number of hydrogen-bond donors (Lipinski definition) is 1. The molecule has 3 aromatic carbocycles. The minimum Gasteiger partial charge on any atom is -0.493 e. The minimum atomic E-state index is -4.08. The molecular weight excluding hydrogens is 508 g/mol. The van der Waals surface area contributed by atoms with E-state index in [0.29, 0.717) is 16.7 Å². The zero-order valence-electron chi connectivity index (χ0n) is 22.3. The molecule has 0 radical (unpaired) electrons. The number of sulfonamides is 1. The van der Waals surface area contributed by atoms with E-state index in [-0.39, 0.29) is 34.2 Å². The van der Waals surface area contributed by atoms with E-state index in [1.807, 2.05) is 13.0 Å². The molecule has 0 unspecified atom stereocenters. The van der Waals surface area contributed by atoms with Gasteiger partial charge in [-0.15, -0.1) is 0 Å². The Bertz CT molecular complexity index is 1410. The fourth-order valence-corrected chi connectivity index (χ4v) is 6.12. The number of hydrogen-bond acceptors (Lipinski definition) is 7. The van der Waals surface area contributed by atoms with Crippen LogP contribution < -0.4 is 14.8 Å². The van der Waals surface area contributed by atoms with Gasteiger partial charge in [-0.2, -0.15) is 4.31 Å². The molecule has 0 bridgehead atoms. The van der Waals surface area contributed by atoms with Gasteiger partial charge in [0.1, 0.15) is 0 Å². The molecule has 0 aliphatic heterocycles. The summed E-state index contributed by atoms with van der Waals surface area (Å²) >= 11 is 0. The van der Waals surface area contributed by atoms with Crippen molar-refractivity contribution in [2.75, 3.05) is 33.2 Å². The quantitative estimate of drug-likeness (QED) is 0.383. The minimum absolute atomic E-state index is 0.0286. The van der Waals surface area contributed by atoms with Gasteiger partial charge in [0.05, 0.1) is 44.0 Å². The van der Waals surface area contributed by atoms with Gasteiger partial charge in [0.2, 0.25) is 15.9 Å². The summed E-state index contributed by atoms with van der Waals surface area (Å²) in [6.45, 7) is 4.84. The highest BCUT2D eigenvalue weighted by Crippen LogP contribution is 2.34. The van der Waals surface area contributed by atoms with Gasteiger partial charge in [-0.3, -0.25) is 4.79 Å². The topological polar surface area (TPSA) is 111 Å². The normalized spacial score (nSPS) is 11.2. The first-order valence-electron chi connectivity index (χ1n) is 11.8. The number of esters is 1. The number of ether oxygens (including phenoxy) is 3. The Balaban J connectivity index is 2.02. The van der Waals surface area contributed by atoms with Crippen molar-refractivity contribution in [3.63, 3.8) is 0 Å². The van der Waals surface area contributed by atoms with E-state index in [4.69, 9.17) is 14.2 Å². The molecule has 0 aliphatic carbocycles. The van der Waals surface area contributed by atoms with Crippen LogP contribution in [0.5, 0.6) is 11.5 Å². The van der Waals surface area contributed by atoms with Crippen molar-refractivity contribution < 1.29 is 32.2 Å².